The number of nitrogens with one attached hydrogen (secondary N) is 1. The summed E-state index contributed by atoms with van der Waals surface area (Å²) in [5, 5.41) is 3.32. The van der Waals surface area contributed by atoms with Crippen LogP contribution in [0, 0.1) is 0 Å². The number of esters is 1. The van der Waals surface area contributed by atoms with Crippen LogP contribution in [0.2, 0.25) is 0 Å². The highest BCUT2D eigenvalue weighted by Crippen LogP contribution is 2.25. The fourth-order valence-corrected chi connectivity index (χ4v) is 2.28. The highest BCUT2D eigenvalue weighted by molar-refractivity contribution is 5.98. The van der Waals surface area contributed by atoms with Gasteiger partial charge < -0.3 is 15.8 Å². The van der Waals surface area contributed by atoms with E-state index in [-0.39, 0.29) is 6.04 Å². The quantitative estimate of drug-likeness (QED) is 0.654. The first-order valence-corrected chi connectivity index (χ1v) is 6.89. The van der Waals surface area contributed by atoms with Crippen molar-refractivity contribution in [1.82, 2.24) is 0 Å². The molecule has 3 N–H and O–H groups in total. The van der Waals surface area contributed by atoms with Crippen LogP contribution in [0.1, 0.15) is 22.8 Å². The minimum absolute atomic E-state index is 0.139. The molecule has 0 radical (unpaired) electrons. The van der Waals surface area contributed by atoms with Crippen molar-refractivity contribution in [3.8, 4) is 0 Å². The molecule has 2 aromatic rings. The van der Waals surface area contributed by atoms with Gasteiger partial charge in [-0.25, -0.2) is 4.79 Å². The van der Waals surface area contributed by atoms with Crippen molar-refractivity contribution in [2.75, 3.05) is 18.2 Å². The number of para-hydroxylation sites is 1. The number of rotatable bonds is 5. The number of carbonyl (C=O) groups excluding carboxylic acids is 1. The molecule has 0 bridgehead atoms. The van der Waals surface area contributed by atoms with Crippen LogP contribution >= 0.6 is 0 Å². The van der Waals surface area contributed by atoms with E-state index < -0.39 is 5.97 Å². The lowest BCUT2D eigenvalue weighted by atomic mass is 10.1. The maximum Gasteiger partial charge on any atom is 0.340 e. The molecule has 0 aliphatic rings. The monoisotopic (exact) mass is 284 g/mol. The molecule has 2 rings (SSSR count). The molecule has 0 aliphatic carbocycles. The van der Waals surface area contributed by atoms with E-state index in [2.05, 4.69) is 24.4 Å². The van der Waals surface area contributed by atoms with E-state index in [0.717, 1.165) is 6.42 Å². The lowest BCUT2D eigenvalue weighted by Crippen LogP contribution is -2.21. The summed E-state index contributed by atoms with van der Waals surface area (Å²) in [6, 6.07) is 15.5. The molecule has 110 valence electrons. The fourth-order valence-electron chi connectivity index (χ4n) is 2.28. The third kappa shape index (κ3) is 3.75. The topological polar surface area (TPSA) is 64.3 Å². The molecule has 0 aliphatic heterocycles. The van der Waals surface area contributed by atoms with Crippen LogP contribution in [0.3, 0.4) is 0 Å². The molecule has 0 spiro atoms. The molecule has 2 aromatic carbocycles. The summed E-state index contributed by atoms with van der Waals surface area (Å²) in [5.74, 6) is -0.392. The van der Waals surface area contributed by atoms with Crippen molar-refractivity contribution in [3.63, 3.8) is 0 Å². The van der Waals surface area contributed by atoms with Gasteiger partial charge in [0.2, 0.25) is 0 Å². The van der Waals surface area contributed by atoms with E-state index in [0.29, 0.717) is 16.9 Å². The molecule has 0 saturated carbocycles. The van der Waals surface area contributed by atoms with Crippen molar-refractivity contribution in [3.05, 3.63) is 59.7 Å². The summed E-state index contributed by atoms with van der Waals surface area (Å²) in [6.45, 7) is 2.06. The number of ether oxygens (including phenoxy) is 1. The standard InChI is InChI=1S/C17H20N2O2/c1-12(11-13-7-4-3-5-8-13)19-16-14(17(20)21-2)9-6-10-15(16)18/h3-10,12,19H,11,18H2,1-2H3. The van der Waals surface area contributed by atoms with Gasteiger partial charge in [0, 0.05) is 6.04 Å². The molecule has 0 fully saturated rings. The largest absolute Gasteiger partial charge is 0.465 e. The van der Waals surface area contributed by atoms with Gasteiger partial charge in [-0.1, -0.05) is 36.4 Å². The molecule has 1 unspecified atom stereocenters. The van der Waals surface area contributed by atoms with Crippen LogP contribution < -0.4 is 11.1 Å². The normalized spacial score (nSPS) is 11.7. The van der Waals surface area contributed by atoms with Crippen LogP contribution in [0.25, 0.3) is 0 Å². The van der Waals surface area contributed by atoms with Crippen LogP contribution in [-0.2, 0) is 11.2 Å². The number of hydrogen-bond acceptors (Lipinski definition) is 4. The Morgan fingerprint density at radius 3 is 2.57 bits per heavy atom. The Hall–Kier alpha value is -2.49. The maximum atomic E-state index is 11.8. The smallest absolute Gasteiger partial charge is 0.340 e. The Balaban J connectivity index is 2.17. The Bertz CT molecular complexity index is 611. The molecule has 1 atom stereocenters. The molecular weight excluding hydrogens is 264 g/mol. The van der Waals surface area contributed by atoms with E-state index >= 15 is 0 Å². The van der Waals surface area contributed by atoms with E-state index in [1.807, 2.05) is 18.2 Å². The van der Waals surface area contributed by atoms with Gasteiger partial charge in [0.25, 0.3) is 0 Å². The summed E-state index contributed by atoms with van der Waals surface area (Å²) in [4.78, 5) is 11.8. The van der Waals surface area contributed by atoms with Gasteiger partial charge in [0.15, 0.2) is 0 Å². The Morgan fingerprint density at radius 1 is 1.19 bits per heavy atom. The van der Waals surface area contributed by atoms with Gasteiger partial charge in [-0.2, -0.15) is 0 Å². The number of nitrogens with two attached hydrogens (primary N) is 1. The van der Waals surface area contributed by atoms with Crippen LogP contribution in [0.4, 0.5) is 11.4 Å². The van der Waals surface area contributed by atoms with Crippen molar-refractivity contribution >= 4 is 17.3 Å². The highest BCUT2D eigenvalue weighted by atomic mass is 16.5. The van der Waals surface area contributed by atoms with Gasteiger partial charge in [-0.05, 0) is 31.0 Å². The fraction of sp³-hybridized carbons (Fsp3) is 0.235. The maximum absolute atomic E-state index is 11.8. The summed E-state index contributed by atoms with van der Waals surface area (Å²) < 4.78 is 4.80. The number of anilines is 2. The molecular formula is C17H20N2O2. The highest BCUT2D eigenvalue weighted by Gasteiger charge is 2.16. The minimum Gasteiger partial charge on any atom is -0.465 e. The second kappa shape index (κ2) is 6.79. The van der Waals surface area contributed by atoms with Gasteiger partial charge in [-0.3, -0.25) is 0 Å². The van der Waals surface area contributed by atoms with Crippen molar-refractivity contribution < 1.29 is 9.53 Å². The van der Waals surface area contributed by atoms with E-state index in [1.54, 1.807) is 18.2 Å². The van der Waals surface area contributed by atoms with Gasteiger partial charge in [0.1, 0.15) is 0 Å². The number of nitrogen functional groups attached to an aromatic ring is 1. The summed E-state index contributed by atoms with van der Waals surface area (Å²) in [6.07, 6.45) is 0.843. The first-order chi connectivity index (χ1) is 10.1. The number of benzene rings is 2. The van der Waals surface area contributed by atoms with Gasteiger partial charge in [0.05, 0.1) is 24.0 Å². The number of methoxy groups -OCH3 is 1. The van der Waals surface area contributed by atoms with Gasteiger partial charge >= 0.3 is 5.97 Å². The third-order valence-corrected chi connectivity index (χ3v) is 3.28. The first-order valence-electron chi connectivity index (χ1n) is 6.89. The molecule has 0 heterocycles. The number of carbonyl (C=O) groups is 1. The lowest BCUT2D eigenvalue weighted by molar-refractivity contribution is 0.0602. The lowest BCUT2D eigenvalue weighted by Gasteiger charge is -2.19. The second-order valence-corrected chi connectivity index (χ2v) is 5.00. The van der Waals surface area contributed by atoms with E-state index in [9.17, 15) is 4.79 Å². The zero-order chi connectivity index (χ0) is 15.2. The molecule has 0 aromatic heterocycles. The first kappa shape index (κ1) is 14.9. The van der Waals surface area contributed by atoms with Crippen molar-refractivity contribution in [2.24, 2.45) is 0 Å². The minimum atomic E-state index is -0.392. The van der Waals surface area contributed by atoms with Crippen LogP contribution in [0.15, 0.2) is 48.5 Å². The average molecular weight is 284 g/mol. The predicted molar refractivity (Wildman–Crippen MR) is 85.4 cm³/mol. The molecule has 4 nitrogen and oxygen atoms in total. The van der Waals surface area contributed by atoms with Gasteiger partial charge in [-0.15, -0.1) is 0 Å². The summed E-state index contributed by atoms with van der Waals surface area (Å²) in [7, 11) is 1.36. The SMILES string of the molecule is COC(=O)c1cccc(N)c1NC(C)Cc1ccccc1. The average Bonchev–Trinajstić information content (AvgIpc) is 2.49. The Labute approximate surface area is 124 Å². The molecule has 4 heteroatoms. The third-order valence-electron chi connectivity index (χ3n) is 3.28. The molecule has 21 heavy (non-hydrogen) atoms. The van der Waals surface area contributed by atoms with E-state index in [1.165, 1.54) is 12.7 Å². The number of hydrogen-bond donors (Lipinski definition) is 2. The Kier molecular flexibility index (Phi) is 4.82. The Morgan fingerprint density at radius 2 is 1.90 bits per heavy atom. The molecule has 0 saturated heterocycles. The summed E-state index contributed by atoms with van der Waals surface area (Å²) in [5.41, 5.74) is 8.84. The van der Waals surface area contributed by atoms with Crippen LogP contribution in [0.5, 0.6) is 0 Å². The second-order valence-electron chi connectivity index (χ2n) is 5.00. The van der Waals surface area contributed by atoms with Crippen molar-refractivity contribution in [1.29, 1.82) is 0 Å². The summed E-state index contributed by atoms with van der Waals surface area (Å²) >= 11 is 0. The zero-order valence-electron chi connectivity index (χ0n) is 12.3. The van der Waals surface area contributed by atoms with Crippen molar-refractivity contribution in [2.45, 2.75) is 19.4 Å². The zero-order valence-corrected chi connectivity index (χ0v) is 12.3. The van der Waals surface area contributed by atoms with Crippen LogP contribution in [-0.4, -0.2) is 19.1 Å². The predicted octanol–water partition coefficient (Wildman–Crippen LogP) is 3.10. The van der Waals surface area contributed by atoms with E-state index in [4.69, 9.17) is 10.5 Å². The molecule has 0 amide bonds.